The van der Waals surface area contributed by atoms with E-state index in [0.717, 1.165) is 24.2 Å². The Kier molecular flexibility index (Phi) is 4.70. The molecule has 0 aromatic heterocycles. The maximum Gasteiger partial charge on any atom is 0.128 e. The minimum Gasteiger partial charge on any atom is -0.497 e. The van der Waals surface area contributed by atoms with Crippen LogP contribution in [0.5, 0.6) is 11.5 Å². The molecule has 1 saturated carbocycles. The predicted molar refractivity (Wildman–Crippen MR) is 75.6 cm³/mol. The maximum absolute atomic E-state index is 10.6. The standard InChI is InChI=1S/C16H24O3/c1-11-5-4-6-12(9-11)16(17)14-8-7-13(18-2)10-15(14)19-3/h7-8,10-12,16-17H,4-6,9H2,1-3H3. The SMILES string of the molecule is COc1ccc(C(O)C2CCCC(C)C2)c(OC)c1. The van der Waals surface area contributed by atoms with Crippen LogP contribution in [0.2, 0.25) is 0 Å². The van der Waals surface area contributed by atoms with E-state index in [1.165, 1.54) is 12.8 Å². The van der Waals surface area contributed by atoms with Crippen molar-refractivity contribution < 1.29 is 14.6 Å². The van der Waals surface area contributed by atoms with Crippen LogP contribution < -0.4 is 9.47 Å². The third kappa shape index (κ3) is 3.21. The lowest BCUT2D eigenvalue weighted by Gasteiger charge is -2.31. The molecule has 3 atom stereocenters. The number of aliphatic hydroxyl groups is 1. The van der Waals surface area contributed by atoms with Gasteiger partial charge in [0.2, 0.25) is 0 Å². The van der Waals surface area contributed by atoms with Crippen LogP contribution in [-0.2, 0) is 0 Å². The Labute approximate surface area is 115 Å². The first-order valence-corrected chi connectivity index (χ1v) is 7.05. The number of hydrogen-bond donors (Lipinski definition) is 1. The van der Waals surface area contributed by atoms with E-state index < -0.39 is 6.10 Å². The zero-order valence-corrected chi connectivity index (χ0v) is 12.1. The normalized spacial score (nSPS) is 24.8. The van der Waals surface area contributed by atoms with Gasteiger partial charge in [0, 0.05) is 11.6 Å². The van der Waals surface area contributed by atoms with Crippen molar-refractivity contribution in [2.24, 2.45) is 11.8 Å². The number of methoxy groups -OCH3 is 2. The molecule has 106 valence electrons. The van der Waals surface area contributed by atoms with Crippen molar-refractivity contribution in [3.05, 3.63) is 23.8 Å². The lowest BCUT2D eigenvalue weighted by molar-refractivity contribution is 0.0693. The molecule has 1 aromatic rings. The summed E-state index contributed by atoms with van der Waals surface area (Å²) >= 11 is 0. The summed E-state index contributed by atoms with van der Waals surface area (Å²) in [5.74, 6) is 2.51. The van der Waals surface area contributed by atoms with Crippen LogP contribution in [-0.4, -0.2) is 19.3 Å². The summed E-state index contributed by atoms with van der Waals surface area (Å²) in [7, 11) is 3.27. The number of hydrogen-bond acceptors (Lipinski definition) is 3. The van der Waals surface area contributed by atoms with Crippen molar-refractivity contribution in [3.63, 3.8) is 0 Å². The van der Waals surface area contributed by atoms with Crippen LogP contribution in [0.25, 0.3) is 0 Å². The van der Waals surface area contributed by atoms with Crippen molar-refractivity contribution in [2.75, 3.05) is 14.2 Å². The molecule has 0 aliphatic heterocycles. The van der Waals surface area contributed by atoms with E-state index >= 15 is 0 Å². The van der Waals surface area contributed by atoms with Gasteiger partial charge in [-0.25, -0.2) is 0 Å². The molecule has 1 aliphatic rings. The molecule has 2 rings (SSSR count). The zero-order valence-electron chi connectivity index (χ0n) is 12.1. The first-order valence-electron chi connectivity index (χ1n) is 7.05. The molecule has 3 heteroatoms. The lowest BCUT2D eigenvalue weighted by Crippen LogP contribution is -2.20. The Morgan fingerprint density at radius 1 is 1.21 bits per heavy atom. The van der Waals surface area contributed by atoms with Gasteiger partial charge in [-0.05, 0) is 36.8 Å². The molecule has 19 heavy (non-hydrogen) atoms. The molecular formula is C16H24O3. The number of ether oxygens (including phenoxy) is 2. The molecule has 0 heterocycles. The molecule has 3 nitrogen and oxygen atoms in total. The summed E-state index contributed by atoms with van der Waals surface area (Å²) < 4.78 is 10.6. The highest BCUT2D eigenvalue weighted by Gasteiger charge is 2.28. The Bertz CT molecular complexity index is 416. The van der Waals surface area contributed by atoms with E-state index in [9.17, 15) is 5.11 Å². The molecule has 1 aliphatic carbocycles. The fraction of sp³-hybridized carbons (Fsp3) is 0.625. The molecule has 0 amide bonds. The molecule has 1 N–H and O–H groups in total. The predicted octanol–water partition coefficient (Wildman–Crippen LogP) is 3.56. The summed E-state index contributed by atoms with van der Waals surface area (Å²) in [5.41, 5.74) is 0.877. The minimum atomic E-state index is -0.441. The molecule has 0 spiro atoms. The first kappa shape index (κ1) is 14.2. The van der Waals surface area contributed by atoms with Crippen molar-refractivity contribution >= 4 is 0 Å². The molecule has 1 fully saturated rings. The summed E-state index contributed by atoms with van der Waals surface area (Å²) in [6.07, 6.45) is 4.24. The monoisotopic (exact) mass is 264 g/mol. The van der Waals surface area contributed by atoms with E-state index in [-0.39, 0.29) is 0 Å². The van der Waals surface area contributed by atoms with Gasteiger partial charge in [0.05, 0.1) is 20.3 Å². The highest BCUT2D eigenvalue weighted by Crippen LogP contribution is 2.40. The average molecular weight is 264 g/mol. The Balaban J connectivity index is 2.20. The van der Waals surface area contributed by atoms with Crippen LogP contribution in [0.1, 0.15) is 44.3 Å². The van der Waals surface area contributed by atoms with Crippen molar-refractivity contribution in [1.82, 2.24) is 0 Å². The van der Waals surface area contributed by atoms with E-state index in [2.05, 4.69) is 6.92 Å². The van der Waals surface area contributed by atoms with Gasteiger partial charge in [0.15, 0.2) is 0 Å². The second-order valence-corrected chi connectivity index (χ2v) is 5.58. The van der Waals surface area contributed by atoms with Gasteiger partial charge in [0.25, 0.3) is 0 Å². The third-order valence-electron chi connectivity index (χ3n) is 4.18. The topological polar surface area (TPSA) is 38.7 Å². The van der Waals surface area contributed by atoms with Crippen molar-refractivity contribution in [1.29, 1.82) is 0 Å². The van der Waals surface area contributed by atoms with Crippen LogP contribution >= 0.6 is 0 Å². The van der Waals surface area contributed by atoms with Gasteiger partial charge < -0.3 is 14.6 Å². The van der Waals surface area contributed by atoms with Crippen LogP contribution in [0.4, 0.5) is 0 Å². The van der Waals surface area contributed by atoms with Crippen molar-refractivity contribution in [3.8, 4) is 11.5 Å². The molecule has 0 saturated heterocycles. The summed E-state index contributed by atoms with van der Waals surface area (Å²) in [6.45, 7) is 2.27. The van der Waals surface area contributed by atoms with Gasteiger partial charge in [-0.2, -0.15) is 0 Å². The average Bonchev–Trinajstić information content (AvgIpc) is 2.45. The van der Waals surface area contributed by atoms with Gasteiger partial charge in [-0.1, -0.05) is 19.8 Å². The summed E-state index contributed by atoms with van der Waals surface area (Å²) in [6, 6.07) is 5.64. The number of benzene rings is 1. The summed E-state index contributed by atoms with van der Waals surface area (Å²) in [5, 5.41) is 10.6. The lowest BCUT2D eigenvalue weighted by atomic mass is 9.78. The van der Waals surface area contributed by atoms with Crippen LogP contribution in [0.15, 0.2) is 18.2 Å². The summed E-state index contributed by atoms with van der Waals surface area (Å²) in [4.78, 5) is 0. The van der Waals surface area contributed by atoms with Crippen LogP contribution in [0, 0.1) is 11.8 Å². The highest BCUT2D eigenvalue weighted by atomic mass is 16.5. The second-order valence-electron chi connectivity index (χ2n) is 5.58. The van der Waals surface area contributed by atoms with Gasteiger partial charge in [0.1, 0.15) is 11.5 Å². The van der Waals surface area contributed by atoms with E-state index in [0.29, 0.717) is 17.6 Å². The molecule has 3 unspecified atom stereocenters. The van der Waals surface area contributed by atoms with E-state index in [4.69, 9.17) is 9.47 Å². The zero-order chi connectivity index (χ0) is 13.8. The molecule has 0 bridgehead atoms. The fourth-order valence-electron chi connectivity index (χ4n) is 3.08. The Morgan fingerprint density at radius 3 is 2.63 bits per heavy atom. The van der Waals surface area contributed by atoms with Crippen LogP contribution in [0.3, 0.4) is 0 Å². The largest absolute Gasteiger partial charge is 0.497 e. The maximum atomic E-state index is 10.6. The Morgan fingerprint density at radius 2 is 2.00 bits per heavy atom. The van der Waals surface area contributed by atoms with Gasteiger partial charge in [-0.3, -0.25) is 0 Å². The van der Waals surface area contributed by atoms with Gasteiger partial charge in [-0.15, -0.1) is 0 Å². The highest BCUT2D eigenvalue weighted by molar-refractivity contribution is 5.42. The third-order valence-corrected chi connectivity index (χ3v) is 4.18. The second kappa shape index (κ2) is 6.29. The molecule has 0 radical (unpaired) electrons. The van der Waals surface area contributed by atoms with E-state index in [1.807, 2.05) is 18.2 Å². The first-order chi connectivity index (χ1) is 9.15. The van der Waals surface area contributed by atoms with Crippen molar-refractivity contribution in [2.45, 2.75) is 38.7 Å². The Hall–Kier alpha value is -1.22. The molecular weight excluding hydrogens is 240 g/mol. The quantitative estimate of drug-likeness (QED) is 0.903. The van der Waals surface area contributed by atoms with Gasteiger partial charge >= 0.3 is 0 Å². The number of aliphatic hydroxyl groups excluding tert-OH is 1. The minimum absolute atomic E-state index is 0.339. The fourth-order valence-corrected chi connectivity index (χ4v) is 3.08. The smallest absolute Gasteiger partial charge is 0.128 e. The van der Waals surface area contributed by atoms with E-state index in [1.54, 1.807) is 14.2 Å². The number of rotatable bonds is 4. The molecule has 1 aromatic carbocycles.